The monoisotopic (exact) mass is 341 g/mol. The van der Waals surface area contributed by atoms with Gasteiger partial charge in [-0.05, 0) is 34.1 Å². The summed E-state index contributed by atoms with van der Waals surface area (Å²) in [6, 6.07) is 4.10. The molecule has 0 amide bonds. The quantitative estimate of drug-likeness (QED) is 0.910. The number of hydrogen-bond donors (Lipinski definition) is 1. The first-order valence-electron chi connectivity index (χ1n) is 5.86. The summed E-state index contributed by atoms with van der Waals surface area (Å²) < 4.78 is 15.1. The number of hydrogen-bond acceptors (Lipinski definition) is 3. The molecule has 2 rings (SSSR count). The highest BCUT2D eigenvalue weighted by Gasteiger charge is 2.26. The number of aromatic nitrogens is 3. The lowest BCUT2D eigenvalue weighted by Crippen LogP contribution is -2.19. The molecule has 0 radical (unpaired) electrons. The number of carboxylic acids is 1. The minimum Gasteiger partial charge on any atom is -0.475 e. The van der Waals surface area contributed by atoms with Gasteiger partial charge in [0.15, 0.2) is 0 Å². The number of aromatic carboxylic acids is 1. The van der Waals surface area contributed by atoms with Crippen LogP contribution >= 0.6 is 15.9 Å². The highest BCUT2D eigenvalue weighted by atomic mass is 79.9. The summed E-state index contributed by atoms with van der Waals surface area (Å²) in [5, 5.41) is 13.0. The molecule has 0 spiro atoms. The van der Waals surface area contributed by atoms with Crippen molar-refractivity contribution in [1.29, 1.82) is 0 Å². The number of carbonyl (C=O) groups is 1. The van der Waals surface area contributed by atoms with Crippen LogP contribution in [0.2, 0.25) is 0 Å². The lowest BCUT2D eigenvalue weighted by molar-refractivity contribution is 0.0683. The Bertz CT molecular complexity index is 677. The van der Waals surface area contributed by atoms with Gasteiger partial charge < -0.3 is 5.11 Å². The van der Waals surface area contributed by atoms with Crippen molar-refractivity contribution in [2.45, 2.75) is 26.2 Å². The molecule has 0 fully saturated rings. The van der Waals surface area contributed by atoms with Crippen LogP contribution in [-0.4, -0.2) is 25.8 Å². The maximum absolute atomic E-state index is 13.2. The van der Waals surface area contributed by atoms with Crippen LogP contribution in [0.5, 0.6) is 0 Å². The van der Waals surface area contributed by atoms with Crippen LogP contribution in [0.25, 0.3) is 5.69 Å². The molecule has 1 aromatic heterocycles. The summed E-state index contributed by atoms with van der Waals surface area (Å²) >= 11 is 3.25. The van der Waals surface area contributed by atoms with E-state index >= 15 is 0 Å². The first kappa shape index (κ1) is 14.6. The van der Waals surface area contributed by atoms with Crippen molar-refractivity contribution >= 4 is 21.9 Å². The van der Waals surface area contributed by atoms with Gasteiger partial charge in [-0.3, -0.25) is 0 Å². The van der Waals surface area contributed by atoms with E-state index < -0.39 is 17.2 Å². The van der Waals surface area contributed by atoms with Gasteiger partial charge in [-0.25, -0.2) is 18.9 Å². The molecule has 7 heteroatoms. The maximum atomic E-state index is 13.2. The largest absolute Gasteiger partial charge is 0.475 e. The molecule has 0 aliphatic rings. The fourth-order valence-corrected chi connectivity index (χ4v) is 2.23. The van der Waals surface area contributed by atoms with Gasteiger partial charge in [0, 0.05) is 9.89 Å². The third kappa shape index (κ3) is 2.72. The smallest absolute Gasteiger partial charge is 0.375 e. The molecule has 1 N–H and O–H groups in total. The molecule has 1 heterocycles. The van der Waals surface area contributed by atoms with Crippen LogP contribution in [0.3, 0.4) is 0 Å². The third-order valence-corrected chi connectivity index (χ3v) is 3.24. The molecule has 0 unspecified atom stereocenters. The molecule has 1 aromatic carbocycles. The van der Waals surface area contributed by atoms with E-state index in [-0.39, 0.29) is 5.82 Å². The van der Waals surface area contributed by atoms with E-state index in [4.69, 9.17) is 5.11 Å². The minimum atomic E-state index is -1.20. The summed E-state index contributed by atoms with van der Waals surface area (Å²) in [6.45, 7) is 5.70. The molecular formula is C13H13BrFN3O2. The van der Waals surface area contributed by atoms with E-state index in [0.29, 0.717) is 16.0 Å². The van der Waals surface area contributed by atoms with Gasteiger partial charge >= 0.3 is 5.97 Å². The zero-order valence-corrected chi connectivity index (χ0v) is 12.8. The molecule has 0 saturated heterocycles. The van der Waals surface area contributed by atoms with Gasteiger partial charge in [0.2, 0.25) is 0 Å². The summed E-state index contributed by atoms with van der Waals surface area (Å²) in [4.78, 5) is 15.1. The van der Waals surface area contributed by atoms with Crippen molar-refractivity contribution in [2.24, 2.45) is 0 Å². The number of rotatable bonds is 2. The Balaban J connectivity index is 2.69. The van der Waals surface area contributed by atoms with E-state index in [9.17, 15) is 9.18 Å². The van der Waals surface area contributed by atoms with Crippen molar-refractivity contribution in [2.75, 3.05) is 0 Å². The van der Waals surface area contributed by atoms with Gasteiger partial charge in [-0.2, -0.15) is 0 Å². The average Bonchev–Trinajstić information content (AvgIpc) is 2.73. The Labute approximate surface area is 123 Å². The van der Waals surface area contributed by atoms with Gasteiger partial charge in [0.25, 0.3) is 5.82 Å². The van der Waals surface area contributed by atoms with Gasteiger partial charge in [0.05, 0.1) is 5.69 Å². The molecule has 20 heavy (non-hydrogen) atoms. The molecule has 0 atom stereocenters. The Hall–Kier alpha value is -1.76. The van der Waals surface area contributed by atoms with Crippen LogP contribution in [0.4, 0.5) is 4.39 Å². The second kappa shape index (κ2) is 4.97. The lowest BCUT2D eigenvalue weighted by atomic mass is 9.95. The van der Waals surface area contributed by atoms with Crippen molar-refractivity contribution in [3.8, 4) is 5.69 Å². The second-order valence-electron chi connectivity index (χ2n) is 5.32. The highest BCUT2D eigenvalue weighted by Crippen LogP contribution is 2.27. The molecule has 0 bridgehead atoms. The van der Waals surface area contributed by atoms with Crippen molar-refractivity contribution in [3.05, 3.63) is 40.1 Å². The predicted octanol–water partition coefficient (Wildman–Crippen LogP) is 3.16. The number of halogens is 2. The second-order valence-corrected chi connectivity index (χ2v) is 6.18. The van der Waals surface area contributed by atoms with Crippen LogP contribution in [0.1, 0.15) is 37.2 Å². The fourth-order valence-electron chi connectivity index (χ4n) is 1.71. The summed E-state index contributed by atoms with van der Waals surface area (Å²) in [7, 11) is 0. The van der Waals surface area contributed by atoms with Gasteiger partial charge in [-0.1, -0.05) is 20.8 Å². The van der Waals surface area contributed by atoms with Gasteiger partial charge in [0.1, 0.15) is 11.6 Å². The van der Waals surface area contributed by atoms with Crippen LogP contribution in [0.15, 0.2) is 22.7 Å². The fraction of sp³-hybridized carbons (Fsp3) is 0.308. The topological polar surface area (TPSA) is 68.0 Å². The summed E-state index contributed by atoms with van der Waals surface area (Å²) in [5.41, 5.74) is 0.130. The molecule has 106 valence electrons. The number of benzene rings is 1. The molecule has 2 aromatic rings. The standard InChI is InChI=1S/C13H13BrFN3O2/c1-13(2,3)12-16-10(11(19)20)17-18(12)9-5-4-7(15)6-8(9)14/h4-6H,1-3H3,(H,19,20). The molecule has 0 aliphatic carbocycles. The Kier molecular flexibility index (Phi) is 3.64. The Morgan fingerprint density at radius 1 is 1.40 bits per heavy atom. The van der Waals surface area contributed by atoms with E-state index in [1.54, 1.807) is 0 Å². The zero-order valence-electron chi connectivity index (χ0n) is 11.2. The maximum Gasteiger partial charge on any atom is 0.375 e. The first-order chi connectivity index (χ1) is 9.20. The van der Waals surface area contributed by atoms with Crippen LogP contribution < -0.4 is 0 Å². The average molecular weight is 342 g/mol. The van der Waals surface area contributed by atoms with Crippen molar-refractivity contribution in [1.82, 2.24) is 14.8 Å². The first-order valence-corrected chi connectivity index (χ1v) is 6.65. The molecule has 0 saturated carbocycles. The minimum absolute atomic E-state index is 0.286. The SMILES string of the molecule is CC(C)(C)c1nc(C(=O)O)nn1-c1ccc(F)cc1Br. The van der Waals surface area contributed by atoms with Crippen molar-refractivity contribution < 1.29 is 14.3 Å². The molecular weight excluding hydrogens is 329 g/mol. The van der Waals surface area contributed by atoms with E-state index in [1.807, 2.05) is 20.8 Å². The van der Waals surface area contributed by atoms with E-state index in [1.165, 1.54) is 22.9 Å². The van der Waals surface area contributed by atoms with Crippen molar-refractivity contribution in [3.63, 3.8) is 0 Å². The summed E-state index contributed by atoms with van der Waals surface area (Å²) in [5.74, 6) is -1.39. The van der Waals surface area contributed by atoms with E-state index in [0.717, 1.165) is 0 Å². The number of nitrogens with zero attached hydrogens (tertiary/aromatic N) is 3. The third-order valence-electron chi connectivity index (χ3n) is 2.61. The predicted molar refractivity (Wildman–Crippen MR) is 74.7 cm³/mol. The molecule has 5 nitrogen and oxygen atoms in total. The Morgan fingerprint density at radius 2 is 2.05 bits per heavy atom. The summed E-state index contributed by atoms with van der Waals surface area (Å²) in [6.07, 6.45) is 0. The van der Waals surface area contributed by atoms with Crippen LogP contribution in [0, 0.1) is 5.82 Å². The Morgan fingerprint density at radius 3 is 2.55 bits per heavy atom. The van der Waals surface area contributed by atoms with Gasteiger partial charge in [-0.15, -0.1) is 5.10 Å². The normalized spacial score (nSPS) is 11.7. The van der Waals surface area contributed by atoms with E-state index in [2.05, 4.69) is 26.0 Å². The number of carboxylic acid groups (broad SMARTS) is 1. The van der Waals surface area contributed by atoms with Crippen LogP contribution in [-0.2, 0) is 5.41 Å². The lowest BCUT2D eigenvalue weighted by Gasteiger charge is -2.18. The zero-order chi connectivity index (χ0) is 15.1. The molecule has 0 aliphatic heterocycles. The highest BCUT2D eigenvalue weighted by molar-refractivity contribution is 9.10.